The van der Waals surface area contributed by atoms with E-state index in [2.05, 4.69) is 5.32 Å². The third-order valence-corrected chi connectivity index (χ3v) is 3.44. The maximum absolute atomic E-state index is 13.9. The van der Waals surface area contributed by atoms with Gasteiger partial charge in [-0.15, -0.1) is 0 Å². The molecule has 94 valence electrons. The fourth-order valence-electron chi connectivity index (χ4n) is 2.50. The maximum atomic E-state index is 13.9. The topological polar surface area (TPSA) is 41.5 Å². The molecule has 2 N–H and O–H groups in total. The van der Waals surface area contributed by atoms with Gasteiger partial charge in [0.25, 0.3) is 0 Å². The highest BCUT2D eigenvalue weighted by Gasteiger charge is 2.39. The molecule has 1 heterocycles. The zero-order valence-electron chi connectivity index (χ0n) is 10.2. The summed E-state index contributed by atoms with van der Waals surface area (Å²) in [6.45, 7) is 2.49. The average molecular weight is 239 g/mol. The number of methoxy groups -OCH3 is 1. The predicted octanol–water partition coefficient (Wildman–Crippen LogP) is 1.79. The first-order chi connectivity index (χ1) is 8.07. The van der Waals surface area contributed by atoms with Gasteiger partial charge in [0.15, 0.2) is 0 Å². The first kappa shape index (κ1) is 12.3. The minimum Gasteiger partial charge on any atom is -0.496 e. The van der Waals surface area contributed by atoms with E-state index in [-0.39, 0.29) is 11.6 Å². The van der Waals surface area contributed by atoms with Crippen molar-refractivity contribution in [1.82, 2.24) is 5.32 Å². The molecule has 1 aromatic rings. The molecule has 0 amide bonds. The molecule has 2 unspecified atom stereocenters. The van der Waals surface area contributed by atoms with Crippen LogP contribution < -0.4 is 10.1 Å². The number of ether oxygens (including phenoxy) is 1. The summed E-state index contributed by atoms with van der Waals surface area (Å²) in [5.41, 5.74) is -1.02. The quantitative estimate of drug-likeness (QED) is 0.845. The second-order valence-corrected chi connectivity index (χ2v) is 4.61. The Balaban J connectivity index is 2.43. The van der Waals surface area contributed by atoms with Crippen molar-refractivity contribution in [1.29, 1.82) is 0 Å². The summed E-state index contributed by atoms with van der Waals surface area (Å²) in [5.74, 6) is -0.0354. The van der Waals surface area contributed by atoms with Gasteiger partial charge in [-0.05, 0) is 38.4 Å². The first-order valence-electron chi connectivity index (χ1n) is 5.86. The molecular formula is C13H18FNO2. The lowest BCUT2D eigenvalue weighted by molar-refractivity contribution is 0.0162. The Morgan fingerprint density at radius 1 is 1.53 bits per heavy atom. The lowest BCUT2D eigenvalue weighted by atomic mass is 9.86. The highest BCUT2D eigenvalue weighted by Crippen LogP contribution is 2.36. The molecule has 1 aliphatic heterocycles. The lowest BCUT2D eigenvalue weighted by Gasteiger charge is -2.32. The van der Waals surface area contributed by atoms with Gasteiger partial charge in [-0.3, -0.25) is 0 Å². The van der Waals surface area contributed by atoms with E-state index in [9.17, 15) is 9.50 Å². The molecule has 0 bridgehead atoms. The van der Waals surface area contributed by atoms with Crippen LogP contribution in [0.5, 0.6) is 5.75 Å². The predicted molar refractivity (Wildman–Crippen MR) is 63.5 cm³/mol. The second kappa shape index (κ2) is 4.63. The summed E-state index contributed by atoms with van der Waals surface area (Å²) in [5, 5.41) is 13.8. The molecule has 0 aromatic heterocycles. The molecule has 1 aliphatic rings. The second-order valence-electron chi connectivity index (χ2n) is 4.61. The van der Waals surface area contributed by atoms with E-state index < -0.39 is 11.4 Å². The van der Waals surface area contributed by atoms with Crippen LogP contribution >= 0.6 is 0 Å². The Morgan fingerprint density at radius 2 is 2.29 bits per heavy atom. The zero-order valence-corrected chi connectivity index (χ0v) is 10.2. The summed E-state index contributed by atoms with van der Waals surface area (Å²) in [6.07, 6.45) is 1.84. The van der Waals surface area contributed by atoms with Crippen LogP contribution in [0.2, 0.25) is 0 Å². The van der Waals surface area contributed by atoms with Gasteiger partial charge in [0, 0.05) is 6.04 Å². The van der Waals surface area contributed by atoms with Gasteiger partial charge < -0.3 is 15.2 Å². The van der Waals surface area contributed by atoms with Gasteiger partial charge in [-0.1, -0.05) is 6.07 Å². The first-order valence-corrected chi connectivity index (χ1v) is 5.86. The van der Waals surface area contributed by atoms with Crippen molar-refractivity contribution in [3.63, 3.8) is 0 Å². The normalized spacial score (nSPS) is 23.4. The van der Waals surface area contributed by atoms with E-state index >= 15 is 0 Å². The standard InChI is InChI=1S/C13H18FNO2/c1-13(16,11-7-4-8-15-11)12-9(14)5-3-6-10(12)17-2/h3,5-6,11,15-16H,4,7-8H2,1-2H3. The van der Waals surface area contributed by atoms with Crippen molar-refractivity contribution in [2.75, 3.05) is 13.7 Å². The zero-order chi connectivity index (χ0) is 12.5. The summed E-state index contributed by atoms with van der Waals surface area (Å²) in [4.78, 5) is 0. The van der Waals surface area contributed by atoms with Crippen LogP contribution in [0.1, 0.15) is 25.3 Å². The van der Waals surface area contributed by atoms with Crippen molar-refractivity contribution in [3.8, 4) is 5.75 Å². The van der Waals surface area contributed by atoms with Crippen molar-refractivity contribution < 1.29 is 14.2 Å². The molecule has 17 heavy (non-hydrogen) atoms. The SMILES string of the molecule is COc1cccc(F)c1C(C)(O)C1CCCN1. The Bertz CT molecular complexity index is 400. The number of rotatable bonds is 3. The minimum atomic E-state index is -1.26. The van der Waals surface area contributed by atoms with E-state index in [1.54, 1.807) is 19.1 Å². The Labute approximate surface area is 101 Å². The van der Waals surface area contributed by atoms with Gasteiger partial charge in [0.05, 0.1) is 12.7 Å². The molecule has 0 aliphatic carbocycles. The molecule has 1 aromatic carbocycles. The lowest BCUT2D eigenvalue weighted by Crippen LogP contribution is -2.43. The van der Waals surface area contributed by atoms with E-state index in [1.807, 2.05) is 0 Å². The summed E-state index contributed by atoms with van der Waals surface area (Å²) in [7, 11) is 1.48. The van der Waals surface area contributed by atoms with Crippen LogP contribution in [0.3, 0.4) is 0 Å². The molecule has 1 saturated heterocycles. The van der Waals surface area contributed by atoms with Gasteiger partial charge in [-0.25, -0.2) is 4.39 Å². The molecule has 2 rings (SSSR count). The molecule has 3 nitrogen and oxygen atoms in total. The Hall–Kier alpha value is -1.13. The van der Waals surface area contributed by atoms with E-state index in [1.165, 1.54) is 13.2 Å². The minimum absolute atomic E-state index is 0.131. The summed E-state index contributed by atoms with van der Waals surface area (Å²) >= 11 is 0. The largest absolute Gasteiger partial charge is 0.496 e. The van der Waals surface area contributed by atoms with E-state index in [4.69, 9.17) is 4.74 Å². The van der Waals surface area contributed by atoms with E-state index in [0.717, 1.165) is 19.4 Å². The van der Waals surface area contributed by atoms with E-state index in [0.29, 0.717) is 5.75 Å². The highest BCUT2D eigenvalue weighted by atomic mass is 19.1. The van der Waals surface area contributed by atoms with Gasteiger partial charge in [0.2, 0.25) is 0 Å². The van der Waals surface area contributed by atoms with Crippen molar-refractivity contribution in [2.45, 2.75) is 31.4 Å². The number of hydrogen-bond donors (Lipinski definition) is 2. The van der Waals surface area contributed by atoms with Crippen molar-refractivity contribution in [3.05, 3.63) is 29.6 Å². The van der Waals surface area contributed by atoms with Gasteiger partial charge >= 0.3 is 0 Å². The van der Waals surface area contributed by atoms with Crippen LogP contribution in [0.15, 0.2) is 18.2 Å². The fraction of sp³-hybridized carbons (Fsp3) is 0.538. The molecule has 0 radical (unpaired) electrons. The number of halogens is 1. The number of benzene rings is 1. The van der Waals surface area contributed by atoms with Crippen LogP contribution in [0.4, 0.5) is 4.39 Å². The smallest absolute Gasteiger partial charge is 0.133 e. The average Bonchev–Trinajstić information content (AvgIpc) is 2.82. The monoisotopic (exact) mass is 239 g/mol. The van der Waals surface area contributed by atoms with Crippen molar-refractivity contribution in [2.24, 2.45) is 0 Å². The maximum Gasteiger partial charge on any atom is 0.133 e. The molecule has 4 heteroatoms. The molecule has 0 saturated carbocycles. The van der Waals surface area contributed by atoms with Crippen LogP contribution in [0.25, 0.3) is 0 Å². The van der Waals surface area contributed by atoms with Crippen LogP contribution in [0, 0.1) is 5.82 Å². The third-order valence-electron chi connectivity index (χ3n) is 3.44. The highest BCUT2D eigenvalue weighted by molar-refractivity contribution is 5.40. The number of hydrogen-bond acceptors (Lipinski definition) is 3. The third kappa shape index (κ3) is 2.15. The molecule has 2 atom stereocenters. The van der Waals surface area contributed by atoms with Gasteiger partial charge in [-0.2, -0.15) is 0 Å². The van der Waals surface area contributed by atoms with Gasteiger partial charge in [0.1, 0.15) is 17.2 Å². The summed E-state index contributed by atoms with van der Waals surface area (Å²) < 4.78 is 19.1. The molecule has 0 spiro atoms. The number of nitrogens with one attached hydrogen (secondary N) is 1. The summed E-state index contributed by atoms with van der Waals surface area (Å²) in [6, 6.07) is 4.46. The molecule has 1 fully saturated rings. The van der Waals surface area contributed by atoms with Crippen LogP contribution in [-0.4, -0.2) is 24.8 Å². The van der Waals surface area contributed by atoms with Crippen molar-refractivity contribution >= 4 is 0 Å². The van der Waals surface area contributed by atoms with Crippen LogP contribution in [-0.2, 0) is 5.60 Å². The Morgan fingerprint density at radius 3 is 2.88 bits per heavy atom. The fourth-order valence-corrected chi connectivity index (χ4v) is 2.50. The number of aliphatic hydroxyl groups is 1. The molecular weight excluding hydrogens is 221 g/mol. The Kier molecular flexibility index (Phi) is 3.35.